The molecule has 59 heavy (non-hydrogen) atoms. The summed E-state index contributed by atoms with van der Waals surface area (Å²) in [6.07, 6.45) is 12.0. The van der Waals surface area contributed by atoms with E-state index in [2.05, 4.69) is 49.2 Å². The number of anilines is 1. The molecular formula is C44H48N6O8S. The van der Waals surface area contributed by atoms with Gasteiger partial charge in [-0.15, -0.1) is 0 Å². The van der Waals surface area contributed by atoms with Gasteiger partial charge in [-0.1, -0.05) is 30.3 Å². The maximum absolute atomic E-state index is 13.9. The molecule has 2 atom stereocenters. The lowest BCUT2D eigenvalue weighted by Crippen LogP contribution is -2.37. The van der Waals surface area contributed by atoms with Gasteiger partial charge >= 0.3 is 0 Å². The number of likely N-dealkylation sites (tertiary alicyclic amines) is 1. The molecule has 0 bridgehead atoms. The van der Waals surface area contributed by atoms with E-state index in [4.69, 9.17) is 14.2 Å². The van der Waals surface area contributed by atoms with Gasteiger partial charge < -0.3 is 24.5 Å². The van der Waals surface area contributed by atoms with Crippen LogP contribution >= 0.6 is 0 Å². The summed E-state index contributed by atoms with van der Waals surface area (Å²) in [6.45, 7) is 2.56. The fraction of sp³-hybridized carbons (Fsp3) is 0.409. The molecule has 2 aromatic heterocycles. The quantitative estimate of drug-likeness (QED) is 0.0776. The van der Waals surface area contributed by atoms with E-state index < -0.39 is 31.4 Å². The molecule has 3 N–H and O–H groups in total. The van der Waals surface area contributed by atoms with Gasteiger partial charge in [-0.2, -0.15) is 0 Å². The van der Waals surface area contributed by atoms with Gasteiger partial charge in [0.05, 0.1) is 47.5 Å². The molecule has 2 saturated carbocycles. The van der Waals surface area contributed by atoms with Gasteiger partial charge in [0.2, 0.25) is 0 Å². The molecule has 4 aliphatic rings. The molecule has 0 unspecified atom stereocenters. The highest BCUT2D eigenvalue weighted by molar-refractivity contribution is 7.90. The van der Waals surface area contributed by atoms with Crippen molar-refractivity contribution in [2.45, 2.75) is 86.3 Å². The number of nitro benzene ring substituents is 1. The highest BCUT2D eigenvalue weighted by Crippen LogP contribution is 2.48. The van der Waals surface area contributed by atoms with Crippen molar-refractivity contribution < 1.29 is 32.3 Å². The fourth-order valence-electron chi connectivity index (χ4n) is 9.14. The molecule has 4 fully saturated rings. The smallest absolute Gasteiger partial charge is 0.293 e. The van der Waals surface area contributed by atoms with Crippen LogP contribution < -0.4 is 14.8 Å². The maximum Gasteiger partial charge on any atom is 0.293 e. The third-order valence-corrected chi connectivity index (χ3v) is 13.6. The summed E-state index contributed by atoms with van der Waals surface area (Å²) in [6, 6.07) is 22.4. The molecule has 5 aromatic rings. The second-order valence-corrected chi connectivity index (χ2v) is 17.8. The van der Waals surface area contributed by atoms with Crippen LogP contribution in [0.5, 0.6) is 11.5 Å². The Hall–Kier alpha value is -5.35. The van der Waals surface area contributed by atoms with Crippen LogP contribution in [-0.2, 0) is 19.5 Å². The molecule has 9 rings (SSSR count). The van der Waals surface area contributed by atoms with Gasteiger partial charge in [0.15, 0.2) is 0 Å². The molecule has 15 heteroatoms. The average Bonchev–Trinajstić information content (AvgIpc) is 3.79. The predicted molar refractivity (Wildman–Crippen MR) is 222 cm³/mol. The lowest BCUT2D eigenvalue weighted by Gasteiger charge is -2.39. The largest absolute Gasteiger partial charge is 0.455 e. The van der Waals surface area contributed by atoms with Crippen LogP contribution in [0.4, 0.5) is 11.4 Å². The van der Waals surface area contributed by atoms with Crippen molar-refractivity contribution in [3.63, 3.8) is 0 Å². The third-order valence-electron chi connectivity index (χ3n) is 12.3. The number of H-pyrrole nitrogens is 1. The van der Waals surface area contributed by atoms with Crippen LogP contribution in [0.25, 0.3) is 11.0 Å². The number of aromatic amines is 1. The number of nitro groups is 1. The summed E-state index contributed by atoms with van der Waals surface area (Å²) in [5, 5.41) is 15.8. The summed E-state index contributed by atoms with van der Waals surface area (Å²) in [7, 11) is -4.55. The second kappa shape index (κ2) is 16.7. The second-order valence-electron chi connectivity index (χ2n) is 16.1. The lowest BCUT2D eigenvalue weighted by atomic mass is 9.80. The van der Waals surface area contributed by atoms with E-state index in [1.807, 2.05) is 18.2 Å². The summed E-state index contributed by atoms with van der Waals surface area (Å²) < 4.78 is 46.8. The minimum absolute atomic E-state index is 0.00287. The summed E-state index contributed by atoms with van der Waals surface area (Å²) in [4.78, 5) is 35.1. The van der Waals surface area contributed by atoms with Crippen LogP contribution in [-0.4, -0.2) is 79.2 Å². The van der Waals surface area contributed by atoms with Crippen molar-refractivity contribution >= 4 is 38.3 Å². The molecule has 3 aromatic carbocycles. The normalized spacial score (nSPS) is 22.6. The van der Waals surface area contributed by atoms with Crippen molar-refractivity contribution in [1.82, 2.24) is 19.6 Å². The number of aromatic nitrogens is 2. The van der Waals surface area contributed by atoms with Crippen molar-refractivity contribution in [2.24, 2.45) is 0 Å². The van der Waals surface area contributed by atoms with Gasteiger partial charge in [-0.25, -0.2) is 18.1 Å². The molecule has 4 heterocycles. The number of nitrogens with zero attached hydrogens (tertiary/aromatic N) is 3. The number of nitrogens with one attached hydrogen (secondary N) is 3. The van der Waals surface area contributed by atoms with Gasteiger partial charge in [0, 0.05) is 36.3 Å². The Morgan fingerprint density at radius 1 is 0.949 bits per heavy atom. The van der Waals surface area contributed by atoms with Crippen molar-refractivity contribution in [3.05, 3.63) is 118 Å². The first-order valence-corrected chi connectivity index (χ1v) is 22.1. The Kier molecular flexibility index (Phi) is 11.1. The maximum atomic E-state index is 13.9. The SMILES string of the molecule is O=C(NS(=O)(=O)c1ccc(NC[C@H]2COCCO2)c([N+](=O)[O-])c1)c1ccc(C2CCC(N3CCC[C@H]3c3ccccc3C3CC3)CC2)cc1Oc1cnc2[nH]ccc2c1. The van der Waals surface area contributed by atoms with E-state index in [1.165, 1.54) is 48.9 Å². The Morgan fingerprint density at radius 2 is 1.76 bits per heavy atom. The number of hydrogen-bond donors (Lipinski definition) is 3. The van der Waals surface area contributed by atoms with Gasteiger partial charge in [-0.3, -0.25) is 19.8 Å². The molecular weight excluding hydrogens is 773 g/mol. The number of carbonyl (C=O) groups is 1. The Bertz CT molecular complexity index is 2460. The number of pyridine rings is 1. The number of benzene rings is 3. The summed E-state index contributed by atoms with van der Waals surface area (Å²) >= 11 is 0. The minimum Gasteiger partial charge on any atom is -0.455 e. The highest BCUT2D eigenvalue weighted by Gasteiger charge is 2.37. The third kappa shape index (κ3) is 8.56. The number of amides is 1. The summed E-state index contributed by atoms with van der Waals surface area (Å²) in [5.74, 6) is 0.571. The fourth-order valence-corrected chi connectivity index (χ4v) is 10.1. The molecule has 0 spiro atoms. The molecule has 308 valence electrons. The zero-order chi connectivity index (χ0) is 40.5. The molecule has 1 amide bonds. The Morgan fingerprint density at radius 3 is 2.54 bits per heavy atom. The molecule has 2 saturated heterocycles. The zero-order valence-electron chi connectivity index (χ0n) is 32.7. The van der Waals surface area contributed by atoms with Gasteiger partial charge in [0.25, 0.3) is 21.6 Å². The minimum atomic E-state index is -4.55. The Labute approximate surface area is 342 Å². The van der Waals surface area contributed by atoms with Crippen molar-refractivity contribution in [1.29, 1.82) is 0 Å². The van der Waals surface area contributed by atoms with E-state index >= 15 is 0 Å². The molecule has 14 nitrogen and oxygen atoms in total. The average molecular weight is 821 g/mol. The number of sulfonamides is 1. The first kappa shape index (κ1) is 39.1. The Balaban J connectivity index is 0.932. The first-order valence-electron chi connectivity index (χ1n) is 20.6. The standard InChI is InChI=1S/C44H48N6O8S/c51-44(48-59(54,55)35-14-16-39(41(24-35)50(52)53)46-26-34-27-56-20-21-57-34)38-15-11-30(23-42(38)58-33-22-31-17-18-45-43(31)47-25-33)28-9-12-32(13-10-28)49-19-3-6-40(49)37-5-2-1-4-36(37)29-7-8-29/h1-2,4-5,11,14-18,22-25,28-29,32,34,40,46H,3,6-10,12-13,19-21,26-27H2,(H,45,47)(H,48,51)/t28?,32?,34-,40-/m0/s1. The number of ether oxygens (including phenoxy) is 3. The van der Waals surface area contributed by atoms with E-state index in [0.717, 1.165) is 49.2 Å². The van der Waals surface area contributed by atoms with Crippen LogP contribution in [0.3, 0.4) is 0 Å². The first-order chi connectivity index (χ1) is 28.7. The van der Waals surface area contributed by atoms with Crippen molar-refractivity contribution in [2.75, 3.05) is 38.2 Å². The van der Waals surface area contributed by atoms with E-state index in [9.17, 15) is 23.3 Å². The number of rotatable bonds is 13. The van der Waals surface area contributed by atoms with Gasteiger partial charge in [0.1, 0.15) is 22.8 Å². The van der Waals surface area contributed by atoms with Crippen LogP contribution in [0.1, 0.15) is 96.3 Å². The van der Waals surface area contributed by atoms with E-state index in [-0.39, 0.29) is 35.6 Å². The lowest BCUT2D eigenvalue weighted by molar-refractivity contribution is -0.384. The topological polar surface area (TPSA) is 178 Å². The van der Waals surface area contributed by atoms with Gasteiger partial charge in [-0.05, 0) is 123 Å². The number of carbonyl (C=O) groups excluding carboxylic acids is 1. The van der Waals surface area contributed by atoms with E-state index in [1.54, 1.807) is 24.5 Å². The summed E-state index contributed by atoms with van der Waals surface area (Å²) in [5.41, 5.74) is 4.39. The molecule has 2 aliphatic heterocycles. The van der Waals surface area contributed by atoms with Crippen LogP contribution in [0.15, 0.2) is 90.1 Å². The van der Waals surface area contributed by atoms with Crippen LogP contribution in [0.2, 0.25) is 0 Å². The molecule has 0 radical (unpaired) electrons. The number of hydrogen-bond acceptors (Lipinski definition) is 11. The number of fused-ring (bicyclic) bond motifs is 1. The van der Waals surface area contributed by atoms with Crippen molar-refractivity contribution in [3.8, 4) is 11.5 Å². The zero-order valence-corrected chi connectivity index (χ0v) is 33.5. The predicted octanol–water partition coefficient (Wildman–Crippen LogP) is 7.95. The molecule has 2 aliphatic carbocycles. The highest BCUT2D eigenvalue weighted by atomic mass is 32.2. The van der Waals surface area contributed by atoms with Crippen LogP contribution in [0, 0.1) is 10.1 Å². The van der Waals surface area contributed by atoms with E-state index in [0.29, 0.717) is 49.2 Å². The monoisotopic (exact) mass is 820 g/mol.